The number of amides is 1. The molecule has 1 aromatic rings. The molecule has 3 N–H and O–H groups in total. The molecule has 0 bridgehead atoms. The molecule has 4 nitrogen and oxygen atoms in total. The Hall–Kier alpha value is -1.29. The summed E-state index contributed by atoms with van der Waals surface area (Å²) in [6, 6.07) is 3.58. The molecule has 0 saturated carbocycles. The number of carbonyl (C=O) groups is 1. The summed E-state index contributed by atoms with van der Waals surface area (Å²) in [6.45, 7) is 3.31. The quantitative estimate of drug-likeness (QED) is 0.742. The minimum atomic E-state index is 0.00954. The van der Waals surface area contributed by atoms with Crippen LogP contribution in [0.2, 0.25) is 0 Å². The summed E-state index contributed by atoms with van der Waals surface area (Å²) in [6.07, 6.45) is 1.74. The van der Waals surface area contributed by atoms with Gasteiger partial charge in [0.2, 0.25) is 0 Å². The lowest BCUT2D eigenvalue weighted by Gasteiger charge is -2.19. The molecule has 78 valence electrons. The van der Waals surface area contributed by atoms with Gasteiger partial charge in [0.15, 0.2) is 0 Å². The fourth-order valence-electron chi connectivity index (χ4n) is 1.29. The van der Waals surface area contributed by atoms with Gasteiger partial charge in [0.25, 0.3) is 5.91 Å². The van der Waals surface area contributed by atoms with Crippen LogP contribution in [0.5, 0.6) is 0 Å². The topological polar surface area (TPSA) is 62.1 Å². The van der Waals surface area contributed by atoms with Crippen molar-refractivity contribution in [1.29, 1.82) is 0 Å². The third-order valence-electron chi connectivity index (χ3n) is 2.16. The van der Waals surface area contributed by atoms with E-state index in [1.54, 1.807) is 24.2 Å². The maximum absolute atomic E-state index is 11.7. The number of H-pyrrole nitrogens is 1. The van der Waals surface area contributed by atoms with Crippen LogP contribution < -0.4 is 5.73 Å². The Morgan fingerprint density at radius 3 is 2.93 bits per heavy atom. The van der Waals surface area contributed by atoms with Crippen molar-refractivity contribution in [2.75, 3.05) is 20.1 Å². The summed E-state index contributed by atoms with van der Waals surface area (Å²) in [5.74, 6) is 0.342. The molecule has 0 radical (unpaired) electrons. The number of nitrogens with one attached hydrogen (secondary N) is 1. The van der Waals surface area contributed by atoms with Crippen LogP contribution >= 0.6 is 0 Å². The summed E-state index contributed by atoms with van der Waals surface area (Å²) in [4.78, 5) is 16.3. The second-order valence-electron chi connectivity index (χ2n) is 3.61. The van der Waals surface area contributed by atoms with Crippen molar-refractivity contribution in [2.24, 2.45) is 11.7 Å². The van der Waals surface area contributed by atoms with E-state index >= 15 is 0 Å². The molecule has 0 aliphatic heterocycles. The van der Waals surface area contributed by atoms with Crippen LogP contribution in [0.25, 0.3) is 0 Å². The first kappa shape index (κ1) is 10.8. The van der Waals surface area contributed by atoms with Gasteiger partial charge in [-0.2, -0.15) is 0 Å². The zero-order valence-corrected chi connectivity index (χ0v) is 8.66. The van der Waals surface area contributed by atoms with Crippen LogP contribution in [0.3, 0.4) is 0 Å². The zero-order chi connectivity index (χ0) is 10.6. The van der Waals surface area contributed by atoms with E-state index in [1.807, 2.05) is 13.0 Å². The molecule has 1 unspecified atom stereocenters. The first-order valence-corrected chi connectivity index (χ1v) is 4.74. The van der Waals surface area contributed by atoms with Crippen LogP contribution in [0.4, 0.5) is 0 Å². The lowest BCUT2D eigenvalue weighted by atomic mass is 10.2. The molecule has 1 rings (SSSR count). The van der Waals surface area contributed by atoms with E-state index in [1.165, 1.54) is 0 Å². The summed E-state index contributed by atoms with van der Waals surface area (Å²) in [5.41, 5.74) is 6.12. The highest BCUT2D eigenvalue weighted by Crippen LogP contribution is 2.02. The number of hydrogen-bond donors (Lipinski definition) is 2. The second kappa shape index (κ2) is 4.81. The average Bonchev–Trinajstić information content (AvgIpc) is 2.69. The Kier molecular flexibility index (Phi) is 3.71. The monoisotopic (exact) mass is 195 g/mol. The first-order chi connectivity index (χ1) is 6.65. The SMILES string of the molecule is CC(CN)CN(C)C(=O)c1ccc[nH]1. The average molecular weight is 195 g/mol. The normalized spacial score (nSPS) is 12.5. The predicted molar refractivity (Wildman–Crippen MR) is 56.0 cm³/mol. The number of rotatable bonds is 4. The number of nitrogens with two attached hydrogens (primary N) is 1. The van der Waals surface area contributed by atoms with E-state index in [9.17, 15) is 4.79 Å². The molecule has 1 atom stereocenters. The van der Waals surface area contributed by atoms with Crippen molar-refractivity contribution in [3.8, 4) is 0 Å². The van der Waals surface area contributed by atoms with Gasteiger partial charge in [0.1, 0.15) is 5.69 Å². The van der Waals surface area contributed by atoms with Crippen molar-refractivity contribution in [3.63, 3.8) is 0 Å². The standard InChI is InChI=1S/C10H17N3O/c1-8(6-11)7-13(2)10(14)9-4-3-5-12-9/h3-5,8,12H,6-7,11H2,1-2H3. The van der Waals surface area contributed by atoms with Crippen LogP contribution in [-0.4, -0.2) is 35.9 Å². The fraction of sp³-hybridized carbons (Fsp3) is 0.500. The Morgan fingerprint density at radius 2 is 2.43 bits per heavy atom. The van der Waals surface area contributed by atoms with Crippen LogP contribution in [0.1, 0.15) is 17.4 Å². The lowest BCUT2D eigenvalue weighted by Crippen LogP contribution is -2.33. The molecule has 0 aliphatic rings. The summed E-state index contributed by atoms with van der Waals surface area (Å²) >= 11 is 0. The smallest absolute Gasteiger partial charge is 0.270 e. The Balaban J connectivity index is 2.53. The van der Waals surface area contributed by atoms with Crippen molar-refractivity contribution >= 4 is 5.91 Å². The van der Waals surface area contributed by atoms with E-state index in [0.717, 1.165) is 0 Å². The summed E-state index contributed by atoms with van der Waals surface area (Å²) in [5, 5.41) is 0. The van der Waals surface area contributed by atoms with Crippen molar-refractivity contribution < 1.29 is 4.79 Å². The van der Waals surface area contributed by atoms with Gasteiger partial charge in [-0.15, -0.1) is 0 Å². The molecular weight excluding hydrogens is 178 g/mol. The highest BCUT2D eigenvalue weighted by Gasteiger charge is 2.13. The minimum absolute atomic E-state index is 0.00954. The summed E-state index contributed by atoms with van der Waals surface area (Å²) < 4.78 is 0. The van der Waals surface area contributed by atoms with Gasteiger partial charge in [-0.25, -0.2) is 0 Å². The highest BCUT2D eigenvalue weighted by molar-refractivity contribution is 5.92. The van der Waals surface area contributed by atoms with Gasteiger partial charge in [-0.3, -0.25) is 4.79 Å². The molecule has 0 spiro atoms. The molecule has 0 fully saturated rings. The van der Waals surface area contributed by atoms with Crippen LogP contribution in [0.15, 0.2) is 18.3 Å². The first-order valence-electron chi connectivity index (χ1n) is 4.74. The van der Waals surface area contributed by atoms with Gasteiger partial charge >= 0.3 is 0 Å². The van der Waals surface area contributed by atoms with E-state index in [4.69, 9.17) is 5.73 Å². The van der Waals surface area contributed by atoms with Crippen molar-refractivity contribution in [2.45, 2.75) is 6.92 Å². The molecule has 0 aromatic carbocycles. The zero-order valence-electron chi connectivity index (χ0n) is 8.66. The molecule has 1 amide bonds. The van der Waals surface area contributed by atoms with E-state index in [2.05, 4.69) is 4.98 Å². The van der Waals surface area contributed by atoms with Gasteiger partial charge in [-0.1, -0.05) is 6.92 Å². The third kappa shape index (κ3) is 2.60. The van der Waals surface area contributed by atoms with E-state index < -0.39 is 0 Å². The fourth-order valence-corrected chi connectivity index (χ4v) is 1.29. The summed E-state index contributed by atoms with van der Waals surface area (Å²) in [7, 11) is 1.79. The van der Waals surface area contributed by atoms with Crippen LogP contribution in [0, 0.1) is 5.92 Å². The predicted octanol–water partition coefficient (Wildman–Crippen LogP) is 0.681. The van der Waals surface area contributed by atoms with Crippen molar-refractivity contribution in [1.82, 2.24) is 9.88 Å². The van der Waals surface area contributed by atoms with Gasteiger partial charge in [0, 0.05) is 19.8 Å². The molecule has 0 aliphatic carbocycles. The van der Waals surface area contributed by atoms with E-state index in [-0.39, 0.29) is 5.91 Å². The van der Waals surface area contributed by atoms with Crippen LogP contribution in [-0.2, 0) is 0 Å². The second-order valence-corrected chi connectivity index (χ2v) is 3.61. The van der Waals surface area contributed by atoms with Gasteiger partial charge in [-0.05, 0) is 24.6 Å². The van der Waals surface area contributed by atoms with Gasteiger partial charge in [0.05, 0.1) is 0 Å². The molecule has 1 heterocycles. The molecule has 14 heavy (non-hydrogen) atoms. The molecule has 0 saturated heterocycles. The maximum Gasteiger partial charge on any atom is 0.270 e. The molecule has 1 aromatic heterocycles. The molecule has 4 heteroatoms. The number of aromatic nitrogens is 1. The van der Waals surface area contributed by atoms with Gasteiger partial charge < -0.3 is 15.6 Å². The number of nitrogens with zero attached hydrogens (tertiary/aromatic N) is 1. The lowest BCUT2D eigenvalue weighted by molar-refractivity contribution is 0.0772. The molecular formula is C10H17N3O. The largest absolute Gasteiger partial charge is 0.357 e. The minimum Gasteiger partial charge on any atom is -0.357 e. The van der Waals surface area contributed by atoms with Crippen molar-refractivity contribution in [3.05, 3.63) is 24.0 Å². The number of hydrogen-bond acceptors (Lipinski definition) is 2. The van der Waals surface area contributed by atoms with E-state index in [0.29, 0.717) is 24.7 Å². The number of aromatic amines is 1. The third-order valence-corrected chi connectivity index (χ3v) is 2.16. The Labute approximate surface area is 84.1 Å². The Morgan fingerprint density at radius 1 is 1.71 bits per heavy atom. The highest BCUT2D eigenvalue weighted by atomic mass is 16.2. The maximum atomic E-state index is 11.7. The Bertz CT molecular complexity index is 282. The number of carbonyl (C=O) groups excluding carboxylic acids is 1.